The van der Waals surface area contributed by atoms with Crippen molar-refractivity contribution >= 4 is 53.8 Å². The van der Waals surface area contributed by atoms with Crippen LogP contribution in [0.3, 0.4) is 0 Å². The SMILES string of the molecule is C[C@H](COC[C@@H]1CO1)Nc1nc(Cl)nc(C(=O)O)c1Cl.[LiH]. The number of anilines is 1. The summed E-state index contributed by atoms with van der Waals surface area (Å²) < 4.78 is 10.4. The van der Waals surface area contributed by atoms with E-state index in [9.17, 15) is 4.79 Å². The van der Waals surface area contributed by atoms with Crippen LogP contribution in [0.25, 0.3) is 0 Å². The summed E-state index contributed by atoms with van der Waals surface area (Å²) in [7, 11) is 0. The van der Waals surface area contributed by atoms with Crippen LogP contribution in [-0.2, 0) is 9.47 Å². The molecule has 1 fully saturated rings. The van der Waals surface area contributed by atoms with E-state index < -0.39 is 5.97 Å². The van der Waals surface area contributed by atoms with E-state index in [1.165, 1.54) is 0 Å². The number of carbonyl (C=O) groups is 1. The number of aromatic carboxylic acids is 1. The summed E-state index contributed by atoms with van der Waals surface area (Å²) >= 11 is 11.6. The second-order valence-corrected chi connectivity index (χ2v) is 5.06. The van der Waals surface area contributed by atoms with Gasteiger partial charge in [0.05, 0.1) is 19.8 Å². The van der Waals surface area contributed by atoms with E-state index >= 15 is 0 Å². The maximum absolute atomic E-state index is 11.0. The normalized spacial score (nSPS) is 17.8. The minimum atomic E-state index is -1.27. The number of carboxylic acids is 1. The zero-order valence-corrected chi connectivity index (χ0v) is 12.1. The molecule has 0 bridgehead atoms. The summed E-state index contributed by atoms with van der Waals surface area (Å²) in [6.07, 6.45) is 0.192. The van der Waals surface area contributed by atoms with Crippen LogP contribution in [0.15, 0.2) is 0 Å². The number of rotatable bonds is 7. The Morgan fingerprint density at radius 2 is 2.24 bits per heavy atom. The minimum absolute atomic E-state index is 0. The molecule has 0 unspecified atom stereocenters. The van der Waals surface area contributed by atoms with Gasteiger partial charge in [0.15, 0.2) is 11.5 Å². The molecule has 2 atom stereocenters. The van der Waals surface area contributed by atoms with Gasteiger partial charge in [-0.05, 0) is 18.5 Å². The number of aromatic nitrogens is 2. The maximum atomic E-state index is 11.0. The number of nitrogens with one attached hydrogen (secondary N) is 1. The summed E-state index contributed by atoms with van der Waals surface area (Å²) in [5, 5.41) is 11.6. The fourth-order valence-corrected chi connectivity index (χ4v) is 1.86. The molecule has 1 aromatic rings. The third-order valence-corrected chi connectivity index (χ3v) is 3.01. The molecule has 0 radical (unpaired) electrons. The zero-order valence-electron chi connectivity index (χ0n) is 10.6. The second kappa shape index (κ2) is 8.18. The van der Waals surface area contributed by atoms with Crippen molar-refractivity contribution in [1.29, 1.82) is 0 Å². The van der Waals surface area contributed by atoms with Gasteiger partial charge in [-0.3, -0.25) is 0 Å². The van der Waals surface area contributed by atoms with Crippen LogP contribution < -0.4 is 5.32 Å². The average Bonchev–Trinajstić information content (AvgIpc) is 3.17. The van der Waals surface area contributed by atoms with Crippen molar-refractivity contribution in [2.75, 3.05) is 25.1 Å². The van der Waals surface area contributed by atoms with Crippen LogP contribution in [0.4, 0.5) is 5.82 Å². The van der Waals surface area contributed by atoms with Crippen molar-refractivity contribution in [2.45, 2.75) is 19.1 Å². The first-order valence-electron chi connectivity index (χ1n) is 5.89. The molecule has 0 amide bonds. The van der Waals surface area contributed by atoms with E-state index in [0.29, 0.717) is 13.2 Å². The number of carboxylic acid groups (broad SMARTS) is 1. The van der Waals surface area contributed by atoms with Gasteiger partial charge in [0.2, 0.25) is 5.28 Å². The van der Waals surface area contributed by atoms with Crippen molar-refractivity contribution in [3.63, 3.8) is 0 Å². The molecule has 0 spiro atoms. The van der Waals surface area contributed by atoms with Crippen molar-refractivity contribution in [3.8, 4) is 0 Å². The van der Waals surface area contributed by atoms with Crippen molar-refractivity contribution in [3.05, 3.63) is 16.0 Å². The third-order valence-electron chi connectivity index (χ3n) is 2.48. The molecule has 10 heteroatoms. The van der Waals surface area contributed by atoms with E-state index in [1.54, 1.807) is 0 Å². The van der Waals surface area contributed by atoms with Crippen LogP contribution in [0.2, 0.25) is 10.3 Å². The Balaban J connectivity index is 0.00000220. The van der Waals surface area contributed by atoms with Gasteiger partial charge in [0.1, 0.15) is 11.1 Å². The fraction of sp³-hybridized carbons (Fsp3) is 0.545. The summed E-state index contributed by atoms with van der Waals surface area (Å²) in [6.45, 7) is 3.52. The number of halogens is 2. The molecule has 1 aliphatic heterocycles. The van der Waals surface area contributed by atoms with Gasteiger partial charge in [-0.25, -0.2) is 9.78 Å². The van der Waals surface area contributed by atoms with Gasteiger partial charge >= 0.3 is 24.8 Å². The number of hydrogen-bond donors (Lipinski definition) is 2. The molecule has 1 aromatic heterocycles. The fourth-order valence-electron chi connectivity index (χ4n) is 1.47. The van der Waals surface area contributed by atoms with Crippen molar-refractivity contribution in [1.82, 2.24) is 9.97 Å². The van der Waals surface area contributed by atoms with Crippen LogP contribution in [0, 0.1) is 0 Å². The second-order valence-electron chi connectivity index (χ2n) is 4.35. The Hall–Kier alpha value is -0.553. The molecule has 2 N–H and O–H groups in total. The first-order chi connectivity index (χ1) is 9.47. The van der Waals surface area contributed by atoms with E-state index in [0.717, 1.165) is 6.61 Å². The monoisotopic (exact) mass is 329 g/mol. The quantitative estimate of drug-likeness (QED) is 0.438. The molecule has 2 rings (SSSR count). The average molecular weight is 330 g/mol. The molecular formula is C11H14Cl2LiN3O4. The Labute approximate surface area is 143 Å². The number of hydrogen-bond acceptors (Lipinski definition) is 6. The Morgan fingerprint density at radius 1 is 1.57 bits per heavy atom. The molecule has 0 aliphatic carbocycles. The molecule has 0 saturated carbocycles. The van der Waals surface area contributed by atoms with Gasteiger partial charge in [-0.2, -0.15) is 4.98 Å². The molecule has 1 saturated heterocycles. The first-order valence-corrected chi connectivity index (χ1v) is 6.65. The molecule has 112 valence electrons. The zero-order chi connectivity index (χ0) is 14.7. The number of nitrogens with zero attached hydrogens (tertiary/aromatic N) is 2. The van der Waals surface area contributed by atoms with E-state index in [2.05, 4.69) is 15.3 Å². The summed E-state index contributed by atoms with van der Waals surface area (Å²) in [6, 6.07) is -0.126. The first kappa shape index (κ1) is 18.5. The van der Waals surface area contributed by atoms with Gasteiger partial charge in [0, 0.05) is 6.04 Å². The number of ether oxygens (including phenoxy) is 2. The van der Waals surface area contributed by atoms with Gasteiger partial charge < -0.3 is 19.9 Å². The summed E-state index contributed by atoms with van der Waals surface area (Å²) in [5.74, 6) is -1.10. The van der Waals surface area contributed by atoms with E-state index in [4.69, 9.17) is 37.8 Å². The van der Waals surface area contributed by atoms with Crippen molar-refractivity contribution in [2.24, 2.45) is 0 Å². The van der Waals surface area contributed by atoms with Crippen LogP contribution in [-0.4, -0.2) is 71.9 Å². The van der Waals surface area contributed by atoms with Gasteiger partial charge in [-0.1, -0.05) is 11.6 Å². The molecule has 21 heavy (non-hydrogen) atoms. The molecule has 7 nitrogen and oxygen atoms in total. The van der Waals surface area contributed by atoms with E-state index in [1.807, 2.05) is 6.92 Å². The van der Waals surface area contributed by atoms with Crippen LogP contribution in [0.1, 0.15) is 17.4 Å². The Bertz CT molecular complexity index is 516. The topological polar surface area (TPSA) is 96.9 Å². The Kier molecular flexibility index (Phi) is 7.20. The Morgan fingerprint density at radius 3 is 2.81 bits per heavy atom. The van der Waals surface area contributed by atoms with Gasteiger partial charge in [-0.15, -0.1) is 0 Å². The third kappa shape index (κ3) is 5.62. The molecule has 0 aromatic carbocycles. The predicted molar refractivity (Wildman–Crippen MR) is 79.8 cm³/mol. The van der Waals surface area contributed by atoms with Crippen LogP contribution >= 0.6 is 23.2 Å². The molecular weight excluding hydrogens is 316 g/mol. The van der Waals surface area contributed by atoms with Crippen LogP contribution in [0.5, 0.6) is 0 Å². The van der Waals surface area contributed by atoms with Gasteiger partial charge in [0.25, 0.3) is 0 Å². The summed E-state index contributed by atoms with van der Waals surface area (Å²) in [5.41, 5.74) is -0.339. The molecule has 1 aliphatic rings. The van der Waals surface area contributed by atoms with E-state index in [-0.39, 0.29) is 52.8 Å². The standard InChI is InChI=1S/C11H13Cl2N3O4.Li.H/c1-5(2-19-3-6-4-20-6)14-9-7(12)8(10(17)18)15-11(13)16-9;;/h5-6H,2-4H2,1H3,(H,17,18)(H,14,15,16);;/t5-,6-;;/m1../s1. The molecule has 2 heterocycles. The van der Waals surface area contributed by atoms with Crippen molar-refractivity contribution < 1.29 is 19.4 Å². The summed E-state index contributed by atoms with van der Waals surface area (Å²) in [4.78, 5) is 18.4. The number of epoxide rings is 1. The predicted octanol–water partition coefficient (Wildman–Crippen LogP) is 1.05.